The van der Waals surface area contributed by atoms with Crippen molar-refractivity contribution in [1.29, 1.82) is 0 Å². The molecule has 0 aromatic heterocycles. The minimum Gasteiger partial charge on any atom is -0.374 e. The summed E-state index contributed by atoms with van der Waals surface area (Å²) in [6, 6.07) is 76.0. The standard InChI is InChI=1S/C56H38N2/c1-4-18-37(19-5-1)40-35-50(38-20-6-2-7-21-38)57-51(36-40)39-32-33-46-49(34-39)56(55-45-27-13-11-25-43(45)42-24-10-12-26-44(42)54(46)55)47-28-14-16-30-52(47)58(41-22-8-3-9-23-41)53-31-17-15-29-48(53)56/h1-36,51,57H. The molecule has 2 nitrogen and oxygen atoms in total. The van der Waals surface area contributed by atoms with E-state index in [1.807, 2.05) is 0 Å². The second-order valence-electron chi connectivity index (χ2n) is 15.6. The topological polar surface area (TPSA) is 15.3 Å². The van der Waals surface area contributed by atoms with Gasteiger partial charge in [-0.3, -0.25) is 0 Å². The third-order valence-electron chi connectivity index (χ3n) is 12.6. The van der Waals surface area contributed by atoms with E-state index in [9.17, 15) is 0 Å². The molecule has 1 unspecified atom stereocenters. The largest absolute Gasteiger partial charge is 0.374 e. The maximum absolute atomic E-state index is 3.99. The predicted molar refractivity (Wildman–Crippen MR) is 242 cm³/mol. The zero-order valence-corrected chi connectivity index (χ0v) is 31.8. The minimum atomic E-state index is -0.610. The normalized spacial score (nSPS) is 15.9. The van der Waals surface area contributed by atoms with Gasteiger partial charge >= 0.3 is 0 Å². The van der Waals surface area contributed by atoms with E-state index >= 15 is 0 Å². The molecule has 0 amide bonds. The van der Waals surface area contributed by atoms with Crippen molar-refractivity contribution < 1.29 is 0 Å². The fourth-order valence-corrected chi connectivity index (χ4v) is 10.3. The molecule has 1 aliphatic carbocycles. The molecular weight excluding hydrogens is 701 g/mol. The molecular formula is C56H38N2. The average Bonchev–Trinajstić information content (AvgIpc) is 3.61. The maximum atomic E-state index is 3.99. The molecule has 1 spiro atoms. The second-order valence-corrected chi connectivity index (χ2v) is 15.6. The Balaban J connectivity index is 1.18. The number of para-hydroxylation sites is 3. The van der Waals surface area contributed by atoms with Crippen molar-refractivity contribution >= 4 is 49.9 Å². The Labute approximate surface area is 338 Å². The quantitative estimate of drug-likeness (QED) is 0.181. The molecule has 2 aliphatic heterocycles. The second kappa shape index (κ2) is 12.8. The third kappa shape index (κ3) is 4.66. The van der Waals surface area contributed by atoms with Crippen LogP contribution in [0.25, 0.3) is 43.9 Å². The van der Waals surface area contributed by atoms with Gasteiger partial charge in [-0.2, -0.15) is 0 Å². The Kier molecular flexibility index (Phi) is 7.24. The highest BCUT2D eigenvalue weighted by molar-refractivity contribution is 6.19. The molecule has 1 N–H and O–H groups in total. The highest BCUT2D eigenvalue weighted by atomic mass is 15.2. The van der Waals surface area contributed by atoms with Crippen LogP contribution in [0.2, 0.25) is 0 Å². The average molecular weight is 739 g/mol. The molecule has 2 heterocycles. The van der Waals surface area contributed by atoms with Crippen LogP contribution >= 0.6 is 0 Å². The lowest BCUT2D eigenvalue weighted by Crippen LogP contribution is -2.36. The number of dihydropyridines is 1. The fourth-order valence-electron chi connectivity index (χ4n) is 10.3. The summed E-state index contributed by atoms with van der Waals surface area (Å²) in [4.78, 5) is 2.47. The molecule has 0 saturated carbocycles. The highest BCUT2D eigenvalue weighted by Gasteiger charge is 2.53. The summed E-state index contributed by atoms with van der Waals surface area (Å²) in [5.74, 6) is 0. The van der Waals surface area contributed by atoms with E-state index in [4.69, 9.17) is 0 Å². The number of hydrogen-bond acceptors (Lipinski definition) is 2. The summed E-state index contributed by atoms with van der Waals surface area (Å²) in [5, 5.41) is 9.15. The van der Waals surface area contributed by atoms with Crippen LogP contribution in [-0.2, 0) is 5.41 Å². The molecule has 272 valence electrons. The van der Waals surface area contributed by atoms with Crippen molar-refractivity contribution in [3.63, 3.8) is 0 Å². The van der Waals surface area contributed by atoms with E-state index in [1.54, 1.807) is 0 Å². The van der Waals surface area contributed by atoms with E-state index in [0.717, 1.165) is 11.4 Å². The van der Waals surface area contributed by atoms with E-state index < -0.39 is 5.41 Å². The van der Waals surface area contributed by atoms with Gasteiger partial charge < -0.3 is 10.2 Å². The summed E-state index contributed by atoms with van der Waals surface area (Å²) in [6.07, 6.45) is 4.71. The molecule has 2 heteroatoms. The van der Waals surface area contributed by atoms with Gasteiger partial charge in [0.05, 0.1) is 22.8 Å². The van der Waals surface area contributed by atoms with Gasteiger partial charge in [-0.05, 0) is 114 Å². The first kappa shape index (κ1) is 32.8. The number of benzene rings is 9. The molecule has 9 aromatic rings. The number of nitrogens with zero attached hydrogens (tertiary/aromatic N) is 1. The molecule has 9 aromatic carbocycles. The van der Waals surface area contributed by atoms with Gasteiger partial charge in [-0.25, -0.2) is 0 Å². The molecule has 0 bridgehead atoms. The summed E-state index contributed by atoms with van der Waals surface area (Å²) >= 11 is 0. The first-order valence-corrected chi connectivity index (χ1v) is 20.2. The summed E-state index contributed by atoms with van der Waals surface area (Å²) < 4.78 is 0. The maximum Gasteiger partial charge on any atom is 0.0760 e. The Morgan fingerprint density at radius 1 is 0.448 bits per heavy atom. The van der Waals surface area contributed by atoms with Crippen LogP contribution in [0.4, 0.5) is 17.1 Å². The van der Waals surface area contributed by atoms with Crippen LogP contribution in [-0.4, -0.2) is 0 Å². The van der Waals surface area contributed by atoms with Gasteiger partial charge in [-0.15, -0.1) is 0 Å². The molecule has 58 heavy (non-hydrogen) atoms. The van der Waals surface area contributed by atoms with Gasteiger partial charge in [0, 0.05) is 11.4 Å². The van der Waals surface area contributed by atoms with Crippen LogP contribution in [0.1, 0.15) is 45.0 Å². The Hall–Kier alpha value is -7.42. The number of allylic oxidation sites excluding steroid dienone is 2. The molecule has 0 saturated heterocycles. The van der Waals surface area contributed by atoms with Gasteiger partial charge in [0.1, 0.15) is 0 Å². The summed E-state index contributed by atoms with van der Waals surface area (Å²) in [6.45, 7) is 0. The Bertz CT molecular complexity index is 3090. The summed E-state index contributed by atoms with van der Waals surface area (Å²) in [5.41, 5.74) is 16.8. The Morgan fingerprint density at radius 3 is 1.66 bits per heavy atom. The number of nitrogens with one attached hydrogen (secondary N) is 1. The van der Waals surface area contributed by atoms with Crippen LogP contribution in [0.3, 0.4) is 0 Å². The van der Waals surface area contributed by atoms with E-state index in [2.05, 4.69) is 229 Å². The Morgan fingerprint density at radius 2 is 0.983 bits per heavy atom. The molecule has 0 radical (unpaired) electrons. The van der Waals surface area contributed by atoms with Gasteiger partial charge in [0.2, 0.25) is 0 Å². The molecule has 0 fully saturated rings. The molecule has 1 atom stereocenters. The lowest BCUT2D eigenvalue weighted by atomic mass is 9.63. The fraction of sp³-hybridized carbons (Fsp3) is 0.0357. The number of hydrogen-bond donors (Lipinski definition) is 1. The molecule has 3 aliphatic rings. The monoisotopic (exact) mass is 738 g/mol. The van der Waals surface area contributed by atoms with Crippen molar-refractivity contribution in [2.75, 3.05) is 4.90 Å². The van der Waals surface area contributed by atoms with Crippen molar-refractivity contribution in [3.8, 4) is 11.1 Å². The van der Waals surface area contributed by atoms with Crippen molar-refractivity contribution in [3.05, 3.63) is 257 Å². The summed E-state index contributed by atoms with van der Waals surface area (Å²) in [7, 11) is 0. The van der Waals surface area contributed by atoms with Crippen molar-refractivity contribution in [2.24, 2.45) is 0 Å². The minimum absolute atomic E-state index is 0.0649. The van der Waals surface area contributed by atoms with Crippen molar-refractivity contribution in [1.82, 2.24) is 5.32 Å². The third-order valence-corrected chi connectivity index (χ3v) is 12.6. The SMILES string of the molecule is C1=C(c2ccccc2)C=C(c2ccccc2)NC1c1ccc2c(c1)C1(c3ccccc3N(c3ccccc3)c3ccccc31)c1c-2c2ccccc2c2ccccc12. The number of rotatable bonds is 4. The lowest BCUT2D eigenvalue weighted by molar-refractivity contribution is 0.740. The zero-order chi connectivity index (χ0) is 38.2. The van der Waals surface area contributed by atoms with Crippen molar-refractivity contribution in [2.45, 2.75) is 11.5 Å². The van der Waals surface area contributed by atoms with Crippen LogP contribution < -0.4 is 10.2 Å². The lowest BCUT2D eigenvalue weighted by Gasteiger charge is -2.45. The highest BCUT2D eigenvalue weighted by Crippen LogP contribution is 2.66. The van der Waals surface area contributed by atoms with Crippen LogP contribution in [0, 0.1) is 0 Å². The van der Waals surface area contributed by atoms with Crippen LogP contribution in [0.5, 0.6) is 0 Å². The molecule has 12 rings (SSSR count). The van der Waals surface area contributed by atoms with Gasteiger partial charge in [0.15, 0.2) is 0 Å². The van der Waals surface area contributed by atoms with E-state index in [1.165, 1.54) is 88.6 Å². The van der Waals surface area contributed by atoms with E-state index in [-0.39, 0.29) is 6.04 Å². The first-order valence-electron chi connectivity index (χ1n) is 20.2. The first-order chi connectivity index (χ1) is 28.8. The smallest absolute Gasteiger partial charge is 0.0760 e. The van der Waals surface area contributed by atoms with Crippen LogP contribution in [0.15, 0.2) is 218 Å². The number of anilines is 3. The van der Waals surface area contributed by atoms with E-state index in [0.29, 0.717) is 0 Å². The predicted octanol–water partition coefficient (Wildman–Crippen LogP) is 13.9. The number of fused-ring (bicyclic) bond motifs is 14. The van der Waals surface area contributed by atoms with Gasteiger partial charge in [-0.1, -0.05) is 182 Å². The van der Waals surface area contributed by atoms with Gasteiger partial charge in [0.25, 0.3) is 0 Å². The zero-order valence-electron chi connectivity index (χ0n) is 31.8.